The third-order valence-corrected chi connectivity index (χ3v) is 5.54. The summed E-state index contributed by atoms with van der Waals surface area (Å²) in [6.45, 7) is 9.67. The Hall–Kier alpha value is -1.11. The highest BCUT2D eigenvalue weighted by atomic mass is 19.2. The van der Waals surface area contributed by atoms with Crippen LogP contribution in [0, 0.1) is 23.4 Å². The van der Waals surface area contributed by atoms with Crippen LogP contribution >= 0.6 is 0 Å². The smallest absolute Gasteiger partial charge is 0.283 e. The van der Waals surface area contributed by atoms with Gasteiger partial charge in [-0.15, -0.1) is 0 Å². The topological polar surface area (TPSA) is 38.7 Å². The molecule has 0 aliphatic heterocycles. The fourth-order valence-corrected chi connectivity index (χ4v) is 4.05. The first kappa shape index (κ1) is 28.9. The van der Waals surface area contributed by atoms with E-state index in [1.807, 2.05) is 27.7 Å². The number of ether oxygens (including phenoxy) is 2. The molecule has 0 aromatic heterocycles. The zero-order chi connectivity index (χ0) is 24.1. The van der Waals surface area contributed by atoms with Gasteiger partial charge < -0.3 is 14.6 Å². The minimum absolute atomic E-state index is 0.198. The Balaban J connectivity index is 2.73. The average molecular weight is 461 g/mol. The second-order valence-corrected chi connectivity index (χ2v) is 9.34. The fraction of sp³-hybridized carbons (Fsp3) is 0.769. The van der Waals surface area contributed by atoms with Crippen LogP contribution in [0.2, 0.25) is 0 Å². The van der Waals surface area contributed by atoms with Crippen LogP contribution in [0.4, 0.5) is 13.2 Å². The lowest BCUT2D eigenvalue weighted by Crippen LogP contribution is -2.47. The third-order valence-electron chi connectivity index (χ3n) is 5.54. The summed E-state index contributed by atoms with van der Waals surface area (Å²) in [4.78, 5) is 0. The first-order chi connectivity index (χ1) is 15.1. The average Bonchev–Trinajstić information content (AvgIpc) is 2.68. The van der Waals surface area contributed by atoms with Crippen molar-refractivity contribution in [2.24, 2.45) is 5.92 Å². The standard InChI is InChI=1S/C26H43F3O3/c1-6-7-8-9-10-11-15-22(26(30,31-19(2)3)32-20(4)5)16-13-12-14-21-17-23(27)25(29)24(28)18-21/h17-20,22,30H,6-16H2,1-5H3. The van der Waals surface area contributed by atoms with Crippen LogP contribution < -0.4 is 0 Å². The van der Waals surface area contributed by atoms with E-state index in [1.165, 1.54) is 25.7 Å². The van der Waals surface area contributed by atoms with E-state index in [0.717, 1.165) is 37.8 Å². The molecule has 3 nitrogen and oxygen atoms in total. The largest absolute Gasteiger partial charge is 0.343 e. The van der Waals surface area contributed by atoms with E-state index in [1.54, 1.807) is 0 Å². The summed E-state index contributed by atoms with van der Waals surface area (Å²) in [7, 11) is 0. The zero-order valence-electron chi connectivity index (χ0n) is 20.6. The van der Waals surface area contributed by atoms with Crippen LogP contribution in [0.3, 0.4) is 0 Å². The number of halogens is 3. The molecule has 0 spiro atoms. The Labute approximate surface area is 192 Å². The Kier molecular flexibility index (Phi) is 13.5. The van der Waals surface area contributed by atoms with E-state index in [2.05, 4.69) is 6.92 Å². The van der Waals surface area contributed by atoms with E-state index in [9.17, 15) is 18.3 Å². The molecule has 0 amide bonds. The number of unbranched alkanes of at least 4 members (excludes halogenated alkanes) is 6. The number of hydrogen-bond acceptors (Lipinski definition) is 3. The summed E-state index contributed by atoms with van der Waals surface area (Å²) in [5.41, 5.74) is 0.431. The van der Waals surface area contributed by atoms with Crippen molar-refractivity contribution in [3.63, 3.8) is 0 Å². The van der Waals surface area contributed by atoms with E-state index in [4.69, 9.17) is 9.47 Å². The molecule has 0 bridgehead atoms. The summed E-state index contributed by atoms with van der Waals surface area (Å²) in [6.07, 6.45) is 9.80. The molecule has 0 fully saturated rings. The fourth-order valence-electron chi connectivity index (χ4n) is 4.05. The molecule has 1 aromatic rings. The van der Waals surface area contributed by atoms with Crippen molar-refractivity contribution in [1.82, 2.24) is 0 Å². The zero-order valence-corrected chi connectivity index (χ0v) is 20.6. The minimum atomic E-state index is -1.67. The Morgan fingerprint density at radius 3 is 1.75 bits per heavy atom. The third kappa shape index (κ3) is 10.7. The highest BCUT2D eigenvalue weighted by molar-refractivity contribution is 5.19. The van der Waals surface area contributed by atoms with E-state index in [-0.39, 0.29) is 18.1 Å². The van der Waals surface area contributed by atoms with Gasteiger partial charge in [0.15, 0.2) is 17.5 Å². The number of hydrogen-bond donors (Lipinski definition) is 1. The lowest BCUT2D eigenvalue weighted by atomic mass is 9.91. The van der Waals surface area contributed by atoms with E-state index in [0.29, 0.717) is 24.8 Å². The monoisotopic (exact) mass is 460 g/mol. The SMILES string of the molecule is CCCCCCCCC(CCCCc1cc(F)c(F)c(F)c1)C(O)(OC(C)C)OC(C)C. The summed E-state index contributed by atoms with van der Waals surface area (Å²) < 4.78 is 51.8. The molecule has 1 unspecified atom stereocenters. The van der Waals surface area contributed by atoms with Crippen LogP contribution in [0.5, 0.6) is 0 Å². The normalized spacial score (nSPS) is 13.3. The molecule has 32 heavy (non-hydrogen) atoms. The van der Waals surface area contributed by atoms with Gasteiger partial charge in [0.25, 0.3) is 5.97 Å². The first-order valence-corrected chi connectivity index (χ1v) is 12.3. The summed E-state index contributed by atoms with van der Waals surface area (Å²) >= 11 is 0. The lowest BCUT2D eigenvalue weighted by molar-refractivity contribution is -0.407. The maximum Gasteiger partial charge on any atom is 0.283 e. The molecule has 6 heteroatoms. The van der Waals surface area contributed by atoms with Crippen molar-refractivity contribution in [1.29, 1.82) is 0 Å². The van der Waals surface area contributed by atoms with Gasteiger partial charge >= 0.3 is 0 Å². The molecule has 0 saturated carbocycles. The number of aryl methyl sites for hydroxylation is 1. The molecular formula is C26H43F3O3. The molecule has 0 heterocycles. The Morgan fingerprint density at radius 2 is 1.25 bits per heavy atom. The van der Waals surface area contributed by atoms with E-state index < -0.39 is 23.4 Å². The molecule has 0 saturated heterocycles. The maximum atomic E-state index is 13.4. The van der Waals surface area contributed by atoms with Crippen molar-refractivity contribution < 1.29 is 27.8 Å². The van der Waals surface area contributed by atoms with Gasteiger partial charge in [-0.05, 0) is 71.1 Å². The molecule has 1 atom stereocenters. The first-order valence-electron chi connectivity index (χ1n) is 12.3. The van der Waals surface area contributed by atoms with Crippen LogP contribution in [-0.4, -0.2) is 23.3 Å². The number of rotatable bonds is 17. The highest BCUT2D eigenvalue weighted by Gasteiger charge is 2.40. The molecular weight excluding hydrogens is 417 g/mol. The molecule has 1 aromatic carbocycles. The van der Waals surface area contributed by atoms with Gasteiger partial charge in [0, 0.05) is 5.92 Å². The van der Waals surface area contributed by atoms with E-state index >= 15 is 0 Å². The second kappa shape index (κ2) is 14.9. The van der Waals surface area contributed by atoms with Gasteiger partial charge in [-0.2, -0.15) is 0 Å². The van der Waals surface area contributed by atoms with Gasteiger partial charge in [-0.1, -0.05) is 51.9 Å². The van der Waals surface area contributed by atoms with Crippen molar-refractivity contribution in [3.8, 4) is 0 Å². The predicted molar refractivity (Wildman–Crippen MR) is 123 cm³/mol. The summed E-state index contributed by atoms with van der Waals surface area (Å²) in [5, 5.41) is 11.3. The number of benzene rings is 1. The molecule has 0 aliphatic rings. The van der Waals surface area contributed by atoms with Gasteiger partial charge in [0.1, 0.15) is 0 Å². The van der Waals surface area contributed by atoms with Crippen molar-refractivity contribution in [2.75, 3.05) is 0 Å². The second-order valence-electron chi connectivity index (χ2n) is 9.34. The van der Waals surface area contributed by atoms with Crippen LogP contribution in [0.25, 0.3) is 0 Å². The van der Waals surface area contributed by atoms with Crippen molar-refractivity contribution >= 4 is 0 Å². The Bertz CT molecular complexity index is 616. The quantitative estimate of drug-likeness (QED) is 0.147. The van der Waals surface area contributed by atoms with Gasteiger partial charge in [0.2, 0.25) is 0 Å². The van der Waals surface area contributed by atoms with Crippen LogP contribution in [-0.2, 0) is 15.9 Å². The minimum Gasteiger partial charge on any atom is -0.343 e. The van der Waals surface area contributed by atoms with Crippen molar-refractivity contribution in [3.05, 3.63) is 35.1 Å². The maximum absolute atomic E-state index is 13.4. The van der Waals surface area contributed by atoms with Crippen LogP contribution in [0.1, 0.15) is 104 Å². The van der Waals surface area contributed by atoms with Crippen molar-refractivity contribution in [2.45, 2.75) is 123 Å². The number of aliphatic hydroxyl groups is 1. The van der Waals surface area contributed by atoms with Crippen LogP contribution in [0.15, 0.2) is 12.1 Å². The predicted octanol–water partition coefficient (Wildman–Crippen LogP) is 7.68. The summed E-state index contributed by atoms with van der Waals surface area (Å²) in [5.74, 6) is -5.63. The Morgan fingerprint density at radius 1 is 0.781 bits per heavy atom. The van der Waals surface area contributed by atoms with Gasteiger partial charge in [-0.3, -0.25) is 0 Å². The molecule has 1 rings (SSSR count). The molecule has 0 radical (unpaired) electrons. The molecule has 1 N–H and O–H groups in total. The highest BCUT2D eigenvalue weighted by Crippen LogP contribution is 2.33. The molecule has 0 aliphatic carbocycles. The van der Waals surface area contributed by atoms with Gasteiger partial charge in [-0.25, -0.2) is 13.2 Å². The lowest BCUT2D eigenvalue weighted by Gasteiger charge is -2.38. The summed E-state index contributed by atoms with van der Waals surface area (Å²) in [6, 6.07) is 2.10. The van der Waals surface area contributed by atoms with Gasteiger partial charge in [0.05, 0.1) is 12.2 Å². The molecule has 186 valence electrons.